The van der Waals surface area contributed by atoms with E-state index >= 15 is 0 Å². The fourth-order valence-electron chi connectivity index (χ4n) is 3.96. The van der Waals surface area contributed by atoms with Crippen molar-refractivity contribution < 1.29 is 41.2 Å². The van der Waals surface area contributed by atoms with E-state index in [4.69, 9.17) is 30.0 Å². The number of anilines is 1. The molecular formula is C27H21ClN2O9S2. The summed E-state index contributed by atoms with van der Waals surface area (Å²) in [6.45, 7) is 1.31. The molecule has 41 heavy (non-hydrogen) atoms. The highest BCUT2D eigenvalue weighted by Gasteiger charge is 2.36. The summed E-state index contributed by atoms with van der Waals surface area (Å²) in [5, 5.41) is 2.38. The number of fused-ring (bicyclic) bond motifs is 1. The van der Waals surface area contributed by atoms with Crippen LogP contribution in [0.25, 0.3) is 6.08 Å². The quantitative estimate of drug-likeness (QED) is 0.271. The van der Waals surface area contributed by atoms with Crippen molar-refractivity contribution in [2.75, 3.05) is 19.2 Å². The number of rotatable bonds is 8. The molecule has 3 amide bonds. The van der Waals surface area contributed by atoms with Gasteiger partial charge in [0.05, 0.1) is 18.6 Å². The Balaban J connectivity index is 1.36. The van der Waals surface area contributed by atoms with Crippen molar-refractivity contribution in [2.24, 2.45) is 0 Å². The van der Waals surface area contributed by atoms with E-state index in [0.29, 0.717) is 33.3 Å². The molecular weight excluding hydrogens is 596 g/mol. The summed E-state index contributed by atoms with van der Waals surface area (Å²) >= 11 is 7.06. The summed E-state index contributed by atoms with van der Waals surface area (Å²) in [4.78, 5) is 38.1. The van der Waals surface area contributed by atoms with Crippen LogP contribution in [0.3, 0.4) is 0 Å². The molecule has 1 N–H and O–H groups in total. The minimum absolute atomic E-state index is 0.0547. The topological polar surface area (TPSA) is 138 Å². The lowest BCUT2D eigenvalue weighted by Gasteiger charge is -2.14. The summed E-state index contributed by atoms with van der Waals surface area (Å²) in [6.07, 6.45) is 1.45. The normalized spacial score (nSPS) is 15.4. The van der Waals surface area contributed by atoms with Crippen molar-refractivity contribution in [1.29, 1.82) is 0 Å². The molecule has 3 aromatic rings. The van der Waals surface area contributed by atoms with E-state index in [-0.39, 0.29) is 40.5 Å². The molecule has 0 atom stereocenters. The third-order valence-electron chi connectivity index (χ3n) is 5.89. The number of carbonyl (C=O) groups is 3. The van der Waals surface area contributed by atoms with E-state index in [2.05, 4.69) is 5.32 Å². The van der Waals surface area contributed by atoms with Crippen LogP contribution in [0, 0.1) is 0 Å². The molecule has 0 aromatic heterocycles. The average Bonchev–Trinajstić information content (AvgIpc) is 3.47. The first-order valence-corrected chi connectivity index (χ1v) is 14.5. The Bertz CT molecular complexity index is 1710. The van der Waals surface area contributed by atoms with Crippen LogP contribution in [0.5, 0.6) is 23.0 Å². The molecule has 0 saturated carbocycles. The number of hydrogen-bond donors (Lipinski definition) is 1. The molecule has 14 heteroatoms. The van der Waals surface area contributed by atoms with Crippen molar-refractivity contribution >= 4 is 62.3 Å². The number of halogens is 1. The Labute approximate surface area is 244 Å². The number of methoxy groups -OCH3 is 1. The highest BCUT2D eigenvalue weighted by molar-refractivity contribution is 8.18. The summed E-state index contributed by atoms with van der Waals surface area (Å²) < 4.78 is 47.2. The monoisotopic (exact) mass is 616 g/mol. The van der Waals surface area contributed by atoms with Gasteiger partial charge in [-0.15, -0.1) is 0 Å². The number of imide groups is 1. The van der Waals surface area contributed by atoms with Gasteiger partial charge in [0.15, 0.2) is 23.0 Å². The third-order valence-corrected chi connectivity index (χ3v) is 8.40. The zero-order valence-corrected chi connectivity index (χ0v) is 23.9. The summed E-state index contributed by atoms with van der Waals surface area (Å²) in [5.41, 5.74) is 1.32. The molecule has 1 saturated heterocycles. The molecule has 0 bridgehead atoms. The van der Waals surface area contributed by atoms with Gasteiger partial charge in [-0.3, -0.25) is 19.3 Å². The molecule has 212 valence electrons. The number of nitrogens with one attached hydrogen (secondary N) is 1. The maximum Gasteiger partial charge on any atom is 0.339 e. The number of benzene rings is 3. The molecule has 3 aromatic carbocycles. The van der Waals surface area contributed by atoms with Gasteiger partial charge < -0.3 is 23.7 Å². The fourth-order valence-corrected chi connectivity index (χ4v) is 5.95. The van der Waals surface area contributed by atoms with Crippen molar-refractivity contribution in [2.45, 2.75) is 18.4 Å². The minimum Gasteiger partial charge on any atom is -0.493 e. The smallest absolute Gasteiger partial charge is 0.339 e. The first kappa shape index (κ1) is 28.3. The van der Waals surface area contributed by atoms with Crippen LogP contribution in [-0.2, 0) is 26.3 Å². The average molecular weight is 617 g/mol. The maximum absolute atomic E-state index is 13.1. The van der Waals surface area contributed by atoms with Gasteiger partial charge in [-0.25, -0.2) is 0 Å². The molecule has 2 aliphatic heterocycles. The van der Waals surface area contributed by atoms with E-state index < -0.39 is 21.3 Å². The molecule has 0 unspecified atom stereocenters. The third kappa shape index (κ3) is 6.11. The van der Waals surface area contributed by atoms with Gasteiger partial charge in [0.2, 0.25) is 12.7 Å². The van der Waals surface area contributed by atoms with Gasteiger partial charge in [0.1, 0.15) is 4.90 Å². The van der Waals surface area contributed by atoms with Gasteiger partial charge >= 0.3 is 10.1 Å². The van der Waals surface area contributed by atoms with E-state index in [0.717, 1.165) is 16.7 Å². The molecule has 5 rings (SSSR count). The van der Waals surface area contributed by atoms with Crippen molar-refractivity contribution in [3.05, 3.63) is 75.7 Å². The Morgan fingerprint density at radius 2 is 1.78 bits per heavy atom. The molecule has 2 aliphatic rings. The zero-order chi connectivity index (χ0) is 29.3. The molecule has 0 aliphatic carbocycles. The lowest BCUT2D eigenvalue weighted by atomic mass is 10.1. The fraction of sp³-hybridized carbons (Fsp3) is 0.148. The maximum atomic E-state index is 13.1. The Kier molecular flexibility index (Phi) is 7.84. The van der Waals surface area contributed by atoms with Crippen molar-refractivity contribution in [3.63, 3.8) is 0 Å². The number of amides is 3. The van der Waals surface area contributed by atoms with Gasteiger partial charge in [-0.2, -0.15) is 8.42 Å². The van der Waals surface area contributed by atoms with Crippen LogP contribution >= 0.6 is 23.4 Å². The number of hydrogen-bond acceptors (Lipinski definition) is 10. The van der Waals surface area contributed by atoms with Gasteiger partial charge in [-0.05, 0) is 71.4 Å². The van der Waals surface area contributed by atoms with Crippen LogP contribution in [0.1, 0.15) is 18.1 Å². The van der Waals surface area contributed by atoms with Crippen LogP contribution in [0.2, 0.25) is 5.02 Å². The number of ether oxygens (including phenoxy) is 3. The second-order valence-electron chi connectivity index (χ2n) is 8.72. The second-order valence-corrected chi connectivity index (χ2v) is 11.7. The second kappa shape index (κ2) is 11.4. The SMILES string of the molecule is COc1ccc(/C=C2\SC(=O)N(Cc3cc4c(cc3Cl)OCO4)C2=O)cc1OS(=O)(=O)c1ccc(NC(C)=O)cc1. The standard InChI is InChI=1S/C27H21ClN2O9S2/c1-15(31)29-18-4-6-19(7-5-18)41(34,35)39-24-9-16(3-8-21(24)36-2)10-25-26(32)30(27(33)40-25)13-17-11-22-23(12-20(17)28)38-14-37-22/h3-12H,13-14H2,1-2H3,(H,29,31)/b25-10-. The molecule has 1 fully saturated rings. The van der Waals surface area contributed by atoms with E-state index in [9.17, 15) is 22.8 Å². The Morgan fingerprint density at radius 1 is 1.07 bits per heavy atom. The zero-order valence-electron chi connectivity index (χ0n) is 21.5. The van der Waals surface area contributed by atoms with E-state index in [1.54, 1.807) is 18.2 Å². The molecule has 11 nitrogen and oxygen atoms in total. The summed E-state index contributed by atoms with van der Waals surface area (Å²) in [5.74, 6) is 0.113. The highest BCUT2D eigenvalue weighted by Crippen LogP contribution is 2.40. The van der Waals surface area contributed by atoms with Crippen molar-refractivity contribution in [1.82, 2.24) is 4.90 Å². The minimum atomic E-state index is -4.29. The first-order valence-electron chi connectivity index (χ1n) is 11.9. The predicted molar refractivity (Wildman–Crippen MR) is 151 cm³/mol. The molecule has 2 heterocycles. The highest BCUT2D eigenvalue weighted by atomic mass is 35.5. The molecule has 0 spiro atoms. The largest absolute Gasteiger partial charge is 0.493 e. The van der Waals surface area contributed by atoms with Crippen LogP contribution in [0.15, 0.2) is 64.4 Å². The van der Waals surface area contributed by atoms with Gasteiger partial charge in [0, 0.05) is 23.7 Å². The van der Waals surface area contributed by atoms with Crippen LogP contribution in [-0.4, -0.2) is 44.3 Å². The lowest BCUT2D eigenvalue weighted by Crippen LogP contribution is -2.27. The summed E-state index contributed by atoms with van der Waals surface area (Å²) in [7, 11) is -2.94. The predicted octanol–water partition coefficient (Wildman–Crippen LogP) is 5.04. The first-order chi connectivity index (χ1) is 19.5. The van der Waals surface area contributed by atoms with Gasteiger partial charge in [0.25, 0.3) is 11.1 Å². The molecule has 0 radical (unpaired) electrons. The summed E-state index contributed by atoms with van der Waals surface area (Å²) in [6, 6.07) is 13.1. The number of nitrogens with zero attached hydrogens (tertiary/aromatic N) is 1. The number of thioether (sulfide) groups is 1. The van der Waals surface area contributed by atoms with E-state index in [1.165, 1.54) is 56.5 Å². The van der Waals surface area contributed by atoms with E-state index in [1.807, 2.05) is 0 Å². The number of carbonyl (C=O) groups excluding carboxylic acids is 3. The van der Waals surface area contributed by atoms with Crippen molar-refractivity contribution in [3.8, 4) is 23.0 Å². The van der Waals surface area contributed by atoms with Crippen LogP contribution < -0.4 is 23.7 Å². The lowest BCUT2D eigenvalue weighted by molar-refractivity contribution is -0.123. The van der Waals surface area contributed by atoms with Crippen LogP contribution in [0.4, 0.5) is 10.5 Å². The Morgan fingerprint density at radius 3 is 2.46 bits per heavy atom. The van der Waals surface area contributed by atoms with Gasteiger partial charge in [-0.1, -0.05) is 17.7 Å². The Hall–Kier alpha value is -4.20.